The molecule has 0 aliphatic carbocycles. The van der Waals surface area contributed by atoms with Gasteiger partial charge in [0, 0.05) is 25.3 Å². The van der Waals surface area contributed by atoms with E-state index in [4.69, 9.17) is 0 Å². The number of nitrogens with zero attached hydrogens (tertiary/aromatic N) is 2. The third-order valence-corrected chi connectivity index (χ3v) is 5.68. The van der Waals surface area contributed by atoms with Gasteiger partial charge in [0.1, 0.15) is 5.69 Å². The molecule has 2 aliphatic heterocycles. The molecule has 0 radical (unpaired) electrons. The number of hydrogen-bond acceptors (Lipinski definition) is 3. The maximum absolute atomic E-state index is 12.8. The van der Waals surface area contributed by atoms with E-state index >= 15 is 0 Å². The molecule has 1 saturated heterocycles. The predicted octanol–water partition coefficient (Wildman–Crippen LogP) is 2.48. The number of piperidine rings is 1. The Bertz CT molecular complexity index is 854. The summed E-state index contributed by atoms with van der Waals surface area (Å²) >= 11 is 0. The van der Waals surface area contributed by atoms with Gasteiger partial charge in [-0.15, -0.1) is 0 Å². The number of benzene rings is 1. The van der Waals surface area contributed by atoms with Crippen LogP contribution < -0.4 is 5.32 Å². The lowest BCUT2D eigenvalue weighted by Crippen LogP contribution is -2.50. The van der Waals surface area contributed by atoms with E-state index in [1.54, 1.807) is 6.07 Å². The van der Waals surface area contributed by atoms with E-state index in [2.05, 4.69) is 22.4 Å². The lowest BCUT2D eigenvalue weighted by molar-refractivity contribution is -0.133. The van der Waals surface area contributed by atoms with Crippen LogP contribution >= 0.6 is 0 Å². The summed E-state index contributed by atoms with van der Waals surface area (Å²) in [5.74, 6) is 0.0764. The molecular weight excluding hydrogens is 326 g/mol. The van der Waals surface area contributed by atoms with Crippen LogP contribution in [0.25, 0.3) is 0 Å². The van der Waals surface area contributed by atoms with Crippen molar-refractivity contribution in [2.45, 2.75) is 32.7 Å². The Morgan fingerprint density at radius 2 is 1.81 bits per heavy atom. The Labute approximate surface area is 153 Å². The highest BCUT2D eigenvalue weighted by Gasteiger charge is 2.43. The lowest BCUT2D eigenvalue weighted by atomic mass is 9.73. The minimum Gasteiger partial charge on any atom is -0.352 e. The molecule has 0 bridgehead atoms. The van der Waals surface area contributed by atoms with Gasteiger partial charge in [0.25, 0.3) is 5.91 Å². The molecule has 1 N–H and O–H groups in total. The number of aryl methyl sites for hydroxylation is 1. The van der Waals surface area contributed by atoms with Gasteiger partial charge in [-0.25, -0.2) is 4.98 Å². The Morgan fingerprint density at radius 1 is 1.08 bits per heavy atom. The van der Waals surface area contributed by atoms with Crippen LogP contribution in [-0.2, 0) is 17.8 Å². The number of carbonyl (C=O) groups excluding carboxylic acids is 2. The van der Waals surface area contributed by atoms with E-state index in [-0.39, 0.29) is 11.8 Å². The van der Waals surface area contributed by atoms with Crippen molar-refractivity contribution in [2.24, 2.45) is 5.41 Å². The van der Waals surface area contributed by atoms with E-state index < -0.39 is 5.41 Å². The quantitative estimate of drug-likeness (QED) is 0.860. The average molecular weight is 349 g/mol. The minimum absolute atomic E-state index is 0.0435. The number of aromatic nitrogens is 1. The zero-order chi connectivity index (χ0) is 18.1. The number of nitrogens with one attached hydrogen (secondary N) is 1. The SMILES string of the molecule is Cc1cccc(C(=O)N2CCC3(CC2)Cc2ccccc2CNC3=O)n1. The maximum Gasteiger partial charge on any atom is 0.272 e. The molecule has 4 rings (SSSR count). The van der Waals surface area contributed by atoms with Crippen molar-refractivity contribution >= 4 is 11.8 Å². The number of amides is 2. The summed E-state index contributed by atoms with van der Waals surface area (Å²) in [6.45, 7) is 3.65. The van der Waals surface area contributed by atoms with Gasteiger partial charge in [0.15, 0.2) is 0 Å². The number of hydrogen-bond donors (Lipinski definition) is 1. The summed E-state index contributed by atoms with van der Waals surface area (Å²) in [7, 11) is 0. The van der Waals surface area contributed by atoms with Crippen molar-refractivity contribution in [3.63, 3.8) is 0 Å². The van der Waals surface area contributed by atoms with E-state index in [9.17, 15) is 9.59 Å². The molecule has 2 aromatic rings. The highest BCUT2D eigenvalue weighted by molar-refractivity contribution is 5.92. The van der Waals surface area contributed by atoms with Crippen LogP contribution in [0.4, 0.5) is 0 Å². The van der Waals surface area contributed by atoms with Gasteiger partial charge in [0.05, 0.1) is 5.41 Å². The highest BCUT2D eigenvalue weighted by Crippen LogP contribution is 2.38. The first-order valence-electron chi connectivity index (χ1n) is 9.15. The highest BCUT2D eigenvalue weighted by atomic mass is 16.2. The standard InChI is InChI=1S/C21H23N3O2/c1-15-5-4-8-18(23-15)19(25)24-11-9-21(10-12-24)13-16-6-2-3-7-17(16)14-22-20(21)26/h2-8H,9-14H2,1H3,(H,22,26). The van der Waals surface area contributed by atoms with E-state index in [1.165, 1.54) is 11.1 Å². The first-order valence-corrected chi connectivity index (χ1v) is 9.15. The first-order chi connectivity index (χ1) is 12.6. The summed E-state index contributed by atoms with van der Waals surface area (Å²) in [4.78, 5) is 31.7. The molecule has 0 unspecified atom stereocenters. The van der Waals surface area contributed by atoms with Crippen LogP contribution in [0.1, 0.15) is 40.2 Å². The molecule has 1 aromatic heterocycles. The molecule has 26 heavy (non-hydrogen) atoms. The summed E-state index contributed by atoms with van der Waals surface area (Å²) in [6.07, 6.45) is 2.12. The van der Waals surface area contributed by atoms with Crippen LogP contribution in [-0.4, -0.2) is 34.8 Å². The van der Waals surface area contributed by atoms with Gasteiger partial charge < -0.3 is 10.2 Å². The van der Waals surface area contributed by atoms with Crippen molar-refractivity contribution in [1.29, 1.82) is 0 Å². The summed E-state index contributed by atoms with van der Waals surface area (Å²) < 4.78 is 0. The van der Waals surface area contributed by atoms with Crippen LogP contribution in [0.3, 0.4) is 0 Å². The molecule has 2 aliphatic rings. The van der Waals surface area contributed by atoms with Crippen molar-refractivity contribution in [3.8, 4) is 0 Å². The second kappa shape index (κ2) is 6.56. The van der Waals surface area contributed by atoms with Crippen molar-refractivity contribution in [3.05, 3.63) is 65.0 Å². The van der Waals surface area contributed by atoms with E-state index in [1.807, 2.05) is 36.1 Å². The molecule has 1 fully saturated rings. The molecule has 134 valence electrons. The van der Waals surface area contributed by atoms with Crippen molar-refractivity contribution < 1.29 is 9.59 Å². The zero-order valence-corrected chi connectivity index (χ0v) is 15.0. The molecule has 5 heteroatoms. The average Bonchev–Trinajstić information content (AvgIpc) is 2.79. The lowest BCUT2D eigenvalue weighted by Gasteiger charge is -2.40. The van der Waals surface area contributed by atoms with Crippen LogP contribution in [0.15, 0.2) is 42.5 Å². The van der Waals surface area contributed by atoms with Gasteiger partial charge in [-0.05, 0) is 49.4 Å². The van der Waals surface area contributed by atoms with Gasteiger partial charge in [-0.2, -0.15) is 0 Å². The Morgan fingerprint density at radius 3 is 2.54 bits per heavy atom. The predicted molar refractivity (Wildman–Crippen MR) is 98.5 cm³/mol. The Hall–Kier alpha value is -2.69. The second-order valence-electron chi connectivity index (χ2n) is 7.36. The van der Waals surface area contributed by atoms with Crippen molar-refractivity contribution in [1.82, 2.24) is 15.2 Å². The van der Waals surface area contributed by atoms with Crippen LogP contribution in [0, 0.1) is 12.3 Å². The molecule has 0 atom stereocenters. The normalized spacial score (nSPS) is 18.8. The second-order valence-corrected chi connectivity index (χ2v) is 7.36. The fraction of sp³-hybridized carbons (Fsp3) is 0.381. The molecule has 5 nitrogen and oxygen atoms in total. The minimum atomic E-state index is -0.413. The molecule has 3 heterocycles. The number of likely N-dealkylation sites (tertiary alicyclic amines) is 1. The third kappa shape index (κ3) is 2.98. The topological polar surface area (TPSA) is 62.3 Å². The largest absolute Gasteiger partial charge is 0.352 e. The number of fused-ring (bicyclic) bond motifs is 1. The number of carbonyl (C=O) groups is 2. The molecule has 1 spiro atoms. The summed E-state index contributed by atoms with van der Waals surface area (Å²) in [5.41, 5.74) is 3.34. The number of pyridine rings is 1. The van der Waals surface area contributed by atoms with Gasteiger partial charge in [0.2, 0.25) is 5.91 Å². The third-order valence-electron chi connectivity index (χ3n) is 5.68. The van der Waals surface area contributed by atoms with Gasteiger partial charge in [-0.1, -0.05) is 30.3 Å². The van der Waals surface area contributed by atoms with Crippen LogP contribution in [0.2, 0.25) is 0 Å². The zero-order valence-electron chi connectivity index (χ0n) is 15.0. The molecule has 1 aromatic carbocycles. The monoisotopic (exact) mass is 349 g/mol. The fourth-order valence-corrected chi connectivity index (χ4v) is 4.08. The van der Waals surface area contributed by atoms with E-state index in [0.29, 0.717) is 38.2 Å². The first kappa shape index (κ1) is 16.8. The molecule has 2 amide bonds. The fourth-order valence-electron chi connectivity index (χ4n) is 4.08. The van der Waals surface area contributed by atoms with E-state index in [0.717, 1.165) is 12.1 Å². The Kier molecular flexibility index (Phi) is 4.23. The number of rotatable bonds is 1. The Balaban J connectivity index is 1.52. The smallest absolute Gasteiger partial charge is 0.272 e. The summed E-state index contributed by atoms with van der Waals surface area (Å²) in [5, 5.41) is 3.09. The molecule has 0 saturated carbocycles. The van der Waals surface area contributed by atoms with Gasteiger partial charge >= 0.3 is 0 Å². The van der Waals surface area contributed by atoms with Crippen LogP contribution in [0.5, 0.6) is 0 Å². The van der Waals surface area contributed by atoms with Gasteiger partial charge in [-0.3, -0.25) is 9.59 Å². The summed E-state index contributed by atoms with van der Waals surface area (Å²) in [6, 6.07) is 13.7. The molecular formula is C21H23N3O2. The maximum atomic E-state index is 12.8. The van der Waals surface area contributed by atoms with Crippen molar-refractivity contribution in [2.75, 3.05) is 13.1 Å².